The summed E-state index contributed by atoms with van der Waals surface area (Å²) >= 11 is 0. The van der Waals surface area contributed by atoms with Crippen LogP contribution in [-0.2, 0) is 14.6 Å². The van der Waals surface area contributed by atoms with Crippen molar-refractivity contribution in [2.75, 3.05) is 18.9 Å². The number of nitrogens with two attached hydrogens (primary N) is 1. The second-order valence-electron chi connectivity index (χ2n) is 4.73. The zero-order valence-corrected chi connectivity index (χ0v) is 11.5. The quantitative estimate of drug-likeness (QED) is 0.755. The highest BCUT2D eigenvalue weighted by Gasteiger charge is 2.27. The summed E-state index contributed by atoms with van der Waals surface area (Å²) in [6, 6.07) is 0. The van der Waals surface area contributed by atoms with E-state index < -0.39 is 9.84 Å². The van der Waals surface area contributed by atoms with Crippen LogP contribution < -0.4 is 5.73 Å². The summed E-state index contributed by atoms with van der Waals surface area (Å²) < 4.78 is 29.6. The molecular formula is C12H25NO3S. The third-order valence-corrected chi connectivity index (χ3v) is 5.74. The molecule has 1 aliphatic rings. The predicted octanol–water partition coefficient (Wildman–Crippen LogP) is 1.49. The minimum absolute atomic E-state index is 0.113. The Balaban J connectivity index is 2.42. The van der Waals surface area contributed by atoms with Crippen LogP contribution in [0.5, 0.6) is 0 Å². The van der Waals surface area contributed by atoms with Crippen molar-refractivity contribution in [3.05, 3.63) is 0 Å². The maximum Gasteiger partial charge on any atom is 0.153 e. The molecule has 1 atom stereocenters. The number of sulfone groups is 1. The first-order valence-corrected chi connectivity index (χ1v) is 8.35. The van der Waals surface area contributed by atoms with Gasteiger partial charge in [0.25, 0.3) is 0 Å². The van der Waals surface area contributed by atoms with E-state index in [9.17, 15) is 8.42 Å². The molecule has 102 valence electrons. The van der Waals surface area contributed by atoms with E-state index in [1.165, 1.54) is 6.42 Å². The Morgan fingerprint density at radius 3 is 2.47 bits per heavy atom. The van der Waals surface area contributed by atoms with Crippen LogP contribution in [0.1, 0.15) is 45.4 Å². The molecule has 0 aromatic heterocycles. The van der Waals surface area contributed by atoms with E-state index in [0.29, 0.717) is 19.6 Å². The van der Waals surface area contributed by atoms with Crippen molar-refractivity contribution in [3.63, 3.8) is 0 Å². The van der Waals surface area contributed by atoms with Crippen LogP contribution in [0, 0.1) is 0 Å². The average Bonchev–Trinajstić information content (AvgIpc) is 2.35. The maximum atomic E-state index is 12.1. The van der Waals surface area contributed by atoms with E-state index >= 15 is 0 Å². The summed E-state index contributed by atoms with van der Waals surface area (Å²) in [5.41, 5.74) is 5.55. The average molecular weight is 263 g/mol. The van der Waals surface area contributed by atoms with Crippen molar-refractivity contribution in [1.82, 2.24) is 0 Å². The Hall–Kier alpha value is -0.130. The van der Waals surface area contributed by atoms with Crippen LogP contribution in [0.2, 0.25) is 0 Å². The molecule has 0 amide bonds. The number of hydrogen-bond acceptors (Lipinski definition) is 4. The SMILES string of the molecule is CCOC(CN)CCS(=O)(=O)C1CCCCC1. The van der Waals surface area contributed by atoms with Crippen LogP contribution in [0.4, 0.5) is 0 Å². The molecule has 0 aliphatic heterocycles. The van der Waals surface area contributed by atoms with Crippen LogP contribution in [0.3, 0.4) is 0 Å². The van der Waals surface area contributed by atoms with Crippen LogP contribution in [0.15, 0.2) is 0 Å². The monoisotopic (exact) mass is 263 g/mol. The van der Waals surface area contributed by atoms with Crippen molar-refractivity contribution in [3.8, 4) is 0 Å². The molecule has 0 heterocycles. The molecule has 0 aromatic carbocycles. The second kappa shape index (κ2) is 7.34. The highest BCUT2D eigenvalue weighted by atomic mass is 32.2. The second-order valence-corrected chi connectivity index (χ2v) is 7.13. The van der Waals surface area contributed by atoms with Gasteiger partial charge in [0.1, 0.15) is 0 Å². The fourth-order valence-corrected chi connectivity index (χ4v) is 4.37. The van der Waals surface area contributed by atoms with Gasteiger partial charge in [-0.15, -0.1) is 0 Å². The summed E-state index contributed by atoms with van der Waals surface area (Å²) in [6.07, 6.45) is 5.37. The molecule has 2 N–H and O–H groups in total. The van der Waals surface area contributed by atoms with E-state index in [-0.39, 0.29) is 17.1 Å². The fourth-order valence-electron chi connectivity index (χ4n) is 2.39. The van der Waals surface area contributed by atoms with E-state index in [4.69, 9.17) is 10.5 Å². The van der Waals surface area contributed by atoms with Gasteiger partial charge in [0.05, 0.1) is 17.1 Å². The largest absolute Gasteiger partial charge is 0.377 e. The number of ether oxygens (including phenoxy) is 1. The van der Waals surface area contributed by atoms with Gasteiger partial charge in [0.2, 0.25) is 0 Å². The zero-order valence-electron chi connectivity index (χ0n) is 10.7. The molecule has 0 aromatic rings. The standard InChI is InChI=1S/C12H25NO3S/c1-2-16-11(10-13)8-9-17(14,15)12-6-4-3-5-7-12/h11-12H,2-10,13H2,1H3. The first kappa shape index (κ1) is 14.9. The molecule has 0 spiro atoms. The third-order valence-electron chi connectivity index (χ3n) is 3.45. The number of rotatable bonds is 7. The lowest BCUT2D eigenvalue weighted by Gasteiger charge is -2.23. The first-order chi connectivity index (χ1) is 8.10. The van der Waals surface area contributed by atoms with Crippen molar-refractivity contribution in [1.29, 1.82) is 0 Å². The molecule has 1 aliphatic carbocycles. The Morgan fingerprint density at radius 2 is 1.94 bits per heavy atom. The van der Waals surface area contributed by atoms with Crippen molar-refractivity contribution >= 4 is 9.84 Å². The van der Waals surface area contributed by atoms with Gasteiger partial charge in [-0.1, -0.05) is 19.3 Å². The first-order valence-electron chi connectivity index (χ1n) is 6.63. The van der Waals surface area contributed by atoms with Gasteiger partial charge in [-0.3, -0.25) is 0 Å². The van der Waals surface area contributed by atoms with Gasteiger partial charge in [-0.25, -0.2) is 8.42 Å². The molecule has 5 heteroatoms. The van der Waals surface area contributed by atoms with Gasteiger partial charge in [-0.2, -0.15) is 0 Å². The highest BCUT2D eigenvalue weighted by molar-refractivity contribution is 7.92. The lowest BCUT2D eigenvalue weighted by molar-refractivity contribution is 0.0670. The summed E-state index contributed by atoms with van der Waals surface area (Å²) in [7, 11) is -2.94. The van der Waals surface area contributed by atoms with Gasteiger partial charge < -0.3 is 10.5 Å². The Bertz CT molecular complexity index is 297. The van der Waals surface area contributed by atoms with Gasteiger partial charge in [-0.05, 0) is 26.2 Å². The predicted molar refractivity (Wildman–Crippen MR) is 69.7 cm³/mol. The smallest absolute Gasteiger partial charge is 0.153 e. The summed E-state index contributed by atoms with van der Waals surface area (Å²) in [5.74, 6) is 0.222. The van der Waals surface area contributed by atoms with Crippen LogP contribution >= 0.6 is 0 Å². The van der Waals surface area contributed by atoms with Gasteiger partial charge in [0, 0.05) is 13.2 Å². The molecule has 1 saturated carbocycles. The van der Waals surface area contributed by atoms with Gasteiger partial charge in [0.15, 0.2) is 9.84 Å². The van der Waals surface area contributed by atoms with Crippen LogP contribution in [0.25, 0.3) is 0 Å². The Kier molecular flexibility index (Phi) is 6.44. The third kappa shape index (κ3) is 4.94. The molecule has 17 heavy (non-hydrogen) atoms. The lowest BCUT2D eigenvalue weighted by atomic mass is 10.0. The Labute approximate surface area is 105 Å². The minimum atomic E-state index is -2.94. The molecule has 4 nitrogen and oxygen atoms in total. The molecular weight excluding hydrogens is 238 g/mol. The molecule has 1 rings (SSSR count). The minimum Gasteiger partial charge on any atom is -0.377 e. The van der Waals surface area contributed by atoms with Crippen molar-refractivity contribution < 1.29 is 13.2 Å². The molecule has 1 unspecified atom stereocenters. The lowest BCUT2D eigenvalue weighted by Crippen LogP contribution is -2.31. The molecule has 1 fully saturated rings. The van der Waals surface area contributed by atoms with E-state index in [0.717, 1.165) is 25.7 Å². The van der Waals surface area contributed by atoms with E-state index in [1.807, 2.05) is 6.92 Å². The summed E-state index contributed by atoms with van der Waals surface area (Å²) in [4.78, 5) is 0. The maximum absolute atomic E-state index is 12.1. The fraction of sp³-hybridized carbons (Fsp3) is 1.00. The Morgan fingerprint density at radius 1 is 1.29 bits per heavy atom. The topological polar surface area (TPSA) is 69.4 Å². The van der Waals surface area contributed by atoms with Crippen LogP contribution in [-0.4, -0.2) is 38.7 Å². The normalized spacial score (nSPS) is 20.4. The number of hydrogen-bond donors (Lipinski definition) is 1. The van der Waals surface area contributed by atoms with Crippen molar-refractivity contribution in [2.24, 2.45) is 5.73 Å². The summed E-state index contributed by atoms with van der Waals surface area (Å²) in [5, 5.41) is -0.115. The van der Waals surface area contributed by atoms with E-state index in [1.54, 1.807) is 0 Å². The van der Waals surface area contributed by atoms with E-state index in [2.05, 4.69) is 0 Å². The zero-order chi connectivity index (χ0) is 12.7. The van der Waals surface area contributed by atoms with Gasteiger partial charge >= 0.3 is 0 Å². The molecule has 0 radical (unpaired) electrons. The summed E-state index contributed by atoms with van der Waals surface area (Å²) in [6.45, 7) is 2.89. The highest BCUT2D eigenvalue weighted by Crippen LogP contribution is 2.24. The van der Waals surface area contributed by atoms with Crippen molar-refractivity contribution in [2.45, 2.75) is 56.8 Å². The molecule has 0 bridgehead atoms. The molecule has 0 saturated heterocycles.